The van der Waals surface area contributed by atoms with Gasteiger partial charge in [0, 0.05) is 12.4 Å². The van der Waals surface area contributed by atoms with Gasteiger partial charge in [-0.3, -0.25) is 0 Å². The van der Waals surface area contributed by atoms with E-state index in [9.17, 15) is 21.6 Å². The average molecular weight is 214 g/mol. The van der Waals surface area contributed by atoms with Gasteiger partial charge in [-0.1, -0.05) is 0 Å². The molecule has 0 N–H and O–H groups in total. The highest BCUT2D eigenvalue weighted by Crippen LogP contribution is 2.25. The maximum absolute atomic E-state index is 11.9. The summed E-state index contributed by atoms with van der Waals surface area (Å²) in [6.07, 6.45) is 1.73. The number of nitrogens with zero attached hydrogens (tertiary/aromatic N) is 2. The minimum Gasteiger partial charge on any atom is -0.241 e. The monoisotopic (exact) mass is 214 g/mol. The van der Waals surface area contributed by atoms with Gasteiger partial charge in [0.2, 0.25) is 0 Å². The van der Waals surface area contributed by atoms with Crippen molar-refractivity contribution < 1.29 is 21.6 Å². The Morgan fingerprint density at radius 1 is 1.46 bits per heavy atom. The highest BCUT2D eigenvalue weighted by atomic mass is 32.2. The third kappa shape index (κ3) is 1.53. The zero-order valence-corrected chi connectivity index (χ0v) is 7.22. The molecule has 0 saturated heterocycles. The molecule has 0 fully saturated rings. The van der Waals surface area contributed by atoms with E-state index in [0.29, 0.717) is 0 Å². The summed E-state index contributed by atoms with van der Waals surface area (Å²) < 4.78 is 57.4. The molecule has 0 radical (unpaired) electrons. The van der Waals surface area contributed by atoms with Gasteiger partial charge in [0.25, 0.3) is 0 Å². The minimum atomic E-state index is -5.31. The van der Waals surface area contributed by atoms with Gasteiger partial charge in [0.15, 0.2) is 0 Å². The molecular weight excluding hydrogens is 209 g/mol. The van der Waals surface area contributed by atoms with E-state index in [1.165, 1.54) is 6.92 Å². The smallest absolute Gasteiger partial charge is 0.241 e. The van der Waals surface area contributed by atoms with Crippen LogP contribution in [0.1, 0.15) is 5.82 Å². The minimum absolute atomic E-state index is 0.0903. The van der Waals surface area contributed by atoms with Gasteiger partial charge in [-0.2, -0.15) is 21.6 Å². The SMILES string of the molecule is Cc1nccn1S(=O)(=O)C(F)(F)F. The van der Waals surface area contributed by atoms with Crippen molar-refractivity contribution in [2.24, 2.45) is 0 Å². The molecule has 0 spiro atoms. The fraction of sp³-hybridized carbons (Fsp3) is 0.400. The molecule has 1 aromatic rings. The van der Waals surface area contributed by atoms with Crippen LogP contribution in [0.25, 0.3) is 0 Å². The van der Waals surface area contributed by atoms with Crippen molar-refractivity contribution in [2.75, 3.05) is 0 Å². The van der Waals surface area contributed by atoms with Crippen LogP contribution in [0.3, 0.4) is 0 Å². The van der Waals surface area contributed by atoms with E-state index >= 15 is 0 Å². The number of alkyl halides is 3. The zero-order chi connectivity index (χ0) is 10.3. The molecule has 74 valence electrons. The van der Waals surface area contributed by atoms with E-state index < -0.39 is 15.5 Å². The second kappa shape index (κ2) is 2.72. The predicted molar refractivity (Wildman–Crippen MR) is 37.3 cm³/mol. The van der Waals surface area contributed by atoms with Crippen LogP contribution in [0.15, 0.2) is 12.4 Å². The fourth-order valence-corrected chi connectivity index (χ4v) is 1.56. The molecule has 8 heteroatoms. The van der Waals surface area contributed by atoms with E-state index in [4.69, 9.17) is 0 Å². The lowest BCUT2D eigenvalue weighted by Crippen LogP contribution is -2.30. The Morgan fingerprint density at radius 3 is 2.31 bits per heavy atom. The first-order valence-corrected chi connectivity index (χ1v) is 4.52. The van der Waals surface area contributed by atoms with Gasteiger partial charge in [0.1, 0.15) is 5.82 Å². The number of imidazole rings is 1. The van der Waals surface area contributed by atoms with Crippen molar-refractivity contribution >= 4 is 10.0 Å². The van der Waals surface area contributed by atoms with E-state index in [2.05, 4.69) is 4.98 Å². The number of rotatable bonds is 1. The van der Waals surface area contributed by atoms with E-state index in [1.807, 2.05) is 0 Å². The Bertz CT molecular complexity index is 406. The zero-order valence-electron chi connectivity index (χ0n) is 6.41. The molecule has 1 aromatic heterocycles. The molecule has 0 saturated carbocycles. The Labute approximate surface area is 72.1 Å². The van der Waals surface area contributed by atoms with Crippen LogP contribution >= 0.6 is 0 Å². The summed E-state index contributed by atoms with van der Waals surface area (Å²) in [5.74, 6) is -0.225. The second-order valence-corrected chi connectivity index (χ2v) is 4.03. The first kappa shape index (κ1) is 10.0. The van der Waals surface area contributed by atoms with Gasteiger partial charge in [-0.05, 0) is 6.92 Å². The van der Waals surface area contributed by atoms with Crippen LogP contribution in [0.2, 0.25) is 0 Å². The highest BCUT2D eigenvalue weighted by Gasteiger charge is 2.47. The molecule has 0 amide bonds. The number of aromatic nitrogens is 2. The van der Waals surface area contributed by atoms with Crippen LogP contribution in [0.4, 0.5) is 13.2 Å². The summed E-state index contributed by atoms with van der Waals surface area (Å²) >= 11 is 0. The van der Waals surface area contributed by atoms with E-state index in [1.54, 1.807) is 0 Å². The van der Waals surface area contributed by atoms with Gasteiger partial charge in [-0.25, -0.2) is 8.96 Å². The highest BCUT2D eigenvalue weighted by molar-refractivity contribution is 7.90. The molecule has 0 bridgehead atoms. The Balaban J connectivity index is 3.33. The first-order valence-electron chi connectivity index (χ1n) is 3.08. The maximum atomic E-state index is 11.9. The molecular formula is C5H5F3N2O2S. The summed E-state index contributed by atoms with van der Waals surface area (Å²) in [6.45, 7) is 1.17. The summed E-state index contributed by atoms with van der Waals surface area (Å²) in [5, 5.41) is 0. The van der Waals surface area contributed by atoms with E-state index in [-0.39, 0.29) is 9.80 Å². The van der Waals surface area contributed by atoms with Crippen LogP contribution in [0.5, 0.6) is 0 Å². The van der Waals surface area contributed by atoms with Gasteiger partial charge in [-0.15, -0.1) is 0 Å². The molecule has 0 atom stereocenters. The molecule has 0 aliphatic heterocycles. The average Bonchev–Trinajstić information content (AvgIpc) is 2.32. The molecule has 0 aliphatic rings. The van der Waals surface area contributed by atoms with Crippen LogP contribution in [-0.2, 0) is 10.0 Å². The topological polar surface area (TPSA) is 52.0 Å². The molecule has 1 heterocycles. The largest absolute Gasteiger partial charge is 0.517 e. The number of hydrogen-bond acceptors (Lipinski definition) is 3. The maximum Gasteiger partial charge on any atom is 0.517 e. The van der Waals surface area contributed by atoms with Crippen molar-refractivity contribution in [1.82, 2.24) is 8.96 Å². The molecule has 0 aromatic carbocycles. The van der Waals surface area contributed by atoms with Crippen LogP contribution in [-0.4, -0.2) is 22.9 Å². The normalized spacial score (nSPS) is 13.2. The van der Waals surface area contributed by atoms with Crippen LogP contribution < -0.4 is 0 Å². The Hall–Kier alpha value is -1.05. The lowest BCUT2D eigenvalue weighted by Gasteiger charge is -2.09. The van der Waals surface area contributed by atoms with E-state index in [0.717, 1.165) is 12.4 Å². The quantitative estimate of drug-likeness (QED) is 0.697. The summed E-state index contributed by atoms with van der Waals surface area (Å²) in [5.41, 5.74) is -5.29. The predicted octanol–water partition coefficient (Wildman–Crippen LogP) is 0.889. The second-order valence-electron chi connectivity index (χ2n) is 2.22. The van der Waals surface area contributed by atoms with Gasteiger partial charge < -0.3 is 0 Å². The lowest BCUT2D eigenvalue weighted by atomic mass is 10.8. The molecule has 4 nitrogen and oxygen atoms in total. The third-order valence-electron chi connectivity index (χ3n) is 1.33. The van der Waals surface area contributed by atoms with Crippen molar-refractivity contribution in [1.29, 1.82) is 0 Å². The lowest BCUT2D eigenvalue weighted by molar-refractivity contribution is -0.0446. The number of halogens is 3. The van der Waals surface area contributed by atoms with Crippen molar-refractivity contribution in [3.8, 4) is 0 Å². The van der Waals surface area contributed by atoms with Crippen molar-refractivity contribution in [3.63, 3.8) is 0 Å². The molecule has 0 aliphatic carbocycles. The summed E-state index contributed by atoms with van der Waals surface area (Å²) in [6, 6.07) is 0. The van der Waals surface area contributed by atoms with Crippen LogP contribution in [0, 0.1) is 6.92 Å². The Morgan fingerprint density at radius 2 is 2.00 bits per heavy atom. The molecule has 0 unspecified atom stereocenters. The summed E-state index contributed by atoms with van der Waals surface area (Å²) in [7, 11) is -5.31. The van der Waals surface area contributed by atoms with Crippen molar-refractivity contribution in [2.45, 2.75) is 12.4 Å². The van der Waals surface area contributed by atoms with Gasteiger partial charge in [0.05, 0.1) is 0 Å². The van der Waals surface area contributed by atoms with Gasteiger partial charge >= 0.3 is 15.5 Å². The van der Waals surface area contributed by atoms with Crippen molar-refractivity contribution in [3.05, 3.63) is 18.2 Å². The fourth-order valence-electron chi connectivity index (χ4n) is 0.732. The third-order valence-corrected chi connectivity index (χ3v) is 2.82. The summed E-state index contributed by atoms with van der Waals surface area (Å²) in [4.78, 5) is 3.38. The Kier molecular flexibility index (Phi) is 2.10. The standard InChI is InChI=1S/C5H5F3N2O2S/c1-4-9-2-3-10(4)13(11,12)5(6,7)8/h2-3H,1H3. The number of hydrogen-bond donors (Lipinski definition) is 0. The molecule has 13 heavy (non-hydrogen) atoms. The first-order chi connectivity index (χ1) is 5.77. The molecule has 1 rings (SSSR count). The number of aryl methyl sites for hydroxylation is 1.